The van der Waals surface area contributed by atoms with E-state index in [-0.39, 0.29) is 24.3 Å². The molecule has 2 aromatic rings. The Hall–Kier alpha value is -2.86. The van der Waals surface area contributed by atoms with Crippen LogP contribution in [-0.4, -0.2) is 50.6 Å². The number of hydrogen-bond acceptors (Lipinski definition) is 4. The van der Waals surface area contributed by atoms with Crippen molar-refractivity contribution >= 4 is 17.5 Å². The van der Waals surface area contributed by atoms with Gasteiger partial charge in [0, 0.05) is 25.9 Å². The molecule has 0 spiro atoms. The fourth-order valence-corrected chi connectivity index (χ4v) is 3.43. The third-order valence-electron chi connectivity index (χ3n) is 4.97. The summed E-state index contributed by atoms with van der Waals surface area (Å²) in [7, 11) is 3.15. The van der Waals surface area contributed by atoms with Crippen molar-refractivity contribution in [1.29, 1.82) is 0 Å². The molecule has 2 aromatic carbocycles. The third-order valence-corrected chi connectivity index (χ3v) is 4.97. The number of carbonyl (C=O) groups is 2. The summed E-state index contributed by atoms with van der Waals surface area (Å²) in [6.07, 6.45) is 1.60. The van der Waals surface area contributed by atoms with Gasteiger partial charge in [-0.1, -0.05) is 24.3 Å². The Kier molecular flexibility index (Phi) is 6.66. The fourth-order valence-electron chi connectivity index (χ4n) is 3.43. The van der Waals surface area contributed by atoms with Crippen LogP contribution in [-0.2, 0) is 14.3 Å². The molecule has 1 N–H and O–H groups in total. The second kappa shape index (κ2) is 9.37. The van der Waals surface area contributed by atoms with Crippen molar-refractivity contribution in [2.75, 3.05) is 39.2 Å². The molecule has 6 heteroatoms. The van der Waals surface area contributed by atoms with E-state index in [9.17, 15) is 9.59 Å². The van der Waals surface area contributed by atoms with Gasteiger partial charge in [0.15, 0.2) is 0 Å². The molecule has 0 radical (unpaired) electrons. The summed E-state index contributed by atoms with van der Waals surface area (Å²) in [5, 5.41) is 2.97. The molecule has 1 atom stereocenters. The van der Waals surface area contributed by atoms with Crippen molar-refractivity contribution in [1.82, 2.24) is 4.90 Å². The highest BCUT2D eigenvalue weighted by Crippen LogP contribution is 2.25. The van der Waals surface area contributed by atoms with Crippen LogP contribution in [0.15, 0.2) is 48.5 Å². The predicted octanol–water partition coefficient (Wildman–Crippen LogP) is 3.19. The zero-order chi connectivity index (χ0) is 19.9. The van der Waals surface area contributed by atoms with Gasteiger partial charge in [0.2, 0.25) is 11.8 Å². The van der Waals surface area contributed by atoms with Gasteiger partial charge in [-0.05, 0) is 48.2 Å². The lowest BCUT2D eigenvalue weighted by Gasteiger charge is -2.31. The Labute approximate surface area is 165 Å². The van der Waals surface area contributed by atoms with Crippen LogP contribution in [0.2, 0.25) is 0 Å². The Balaban J connectivity index is 1.62. The smallest absolute Gasteiger partial charge is 0.248 e. The average molecular weight is 382 g/mol. The number of rotatable bonds is 6. The topological polar surface area (TPSA) is 67.9 Å². The quantitative estimate of drug-likeness (QED) is 0.833. The van der Waals surface area contributed by atoms with Crippen LogP contribution in [0.1, 0.15) is 12.8 Å². The molecular formula is C22H26N2O4. The van der Waals surface area contributed by atoms with Gasteiger partial charge in [-0.2, -0.15) is 0 Å². The zero-order valence-electron chi connectivity index (χ0n) is 16.3. The molecule has 1 fully saturated rings. The van der Waals surface area contributed by atoms with Crippen molar-refractivity contribution in [2.24, 2.45) is 5.92 Å². The van der Waals surface area contributed by atoms with Crippen LogP contribution in [0.3, 0.4) is 0 Å². The molecule has 0 saturated carbocycles. The first kappa shape index (κ1) is 19.9. The van der Waals surface area contributed by atoms with E-state index in [1.165, 1.54) is 7.11 Å². The average Bonchev–Trinajstić information content (AvgIpc) is 2.74. The largest absolute Gasteiger partial charge is 0.497 e. The molecule has 3 rings (SSSR count). The number of piperidine rings is 1. The minimum absolute atomic E-state index is 0.0518. The van der Waals surface area contributed by atoms with Gasteiger partial charge in [0.1, 0.15) is 12.4 Å². The van der Waals surface area contributed by atoms with E-state index in [2.05, 4.69) is 5.32 Å². The van der Waals surface area contributed by atoms with Crippen LogP contribution in [0, 0.1) is 5.92 Å². The summed E-state index contributed by atoms with van der Waals surface area (Å²) in [5.74, 6) is 0.485. The van der Waals surface area contributed by atoms with Gasteiger partial charge < -0.3 is 19.7 Å². The van der Waals surface area contributed by atoms with E-state index < -0.39 is 0 Å². The number of anilines is 1. The minimum atomic E-state index is -0.201. The lowest BCUT2D eigenvalue weighted by Crippen LogP contribution is -2.45. The standard InChI is InChI=1S/C22H26N2O4/c1-27-15-21(25)24-12-4-6-18(14-24)22(26)23-19-10-8-16(9-11-19)17-5-3-7-20(13-17)28-2/h3,5,7-11,13,18H,4,6,12,14-15H2,1-2H3,(H,23,26)/t18-/m0/s1. The van der Waals surface area contributed by atoms with Crippen molar-refractivity contribution in [2.45, 2.75) is 12.8 Å². The molecule has 6 nitrogen and oxygen atoms in total. The van der Waals surface area contributed by atoms with Gasteiger partial charge in [0.25, 0.3) is 0 Å². The first-order valence-corrected chi connectivity index (χ1v) is 9.43. The van der Waals surface area contributed by atoms with Gasteiger partial charge in [-0.25, -0.2) is 0 Å². The maximum absolute atomic E-state index is 12.6. The molecular weight excluding hydrogens is 356 g/mol. The Bertz CT molecular complexity index is 820. The highest BCUT2D eigenvalue weighted by molar-refractivity contribution is 5.93. The molecule has 1 aliphatic rings. The molecule has 1 heterocycles. The molecule has 0 unspecified atom stereocenters. The third kappa shape index (κ3) is 4.89. The number of hydrogen-bond donors (Lipinski definition) is 1. The van der Waals surface area contributed by atoms with Crippen molar-refractivity contribution in [3.05, 3.63) is 48.5 Å². The van der Waals surface area contributed by atoms with Crippen LogP contribution < -0.4 is 10.1 Å². The second-order valence-corrected chi connectivity index (χ2v) is 6.91. The van der Waals surface area contributed by atoms with Crippen LogP contribution in [0.4, 0.5) is 5.69 Å². The second-order valence-electron chi connectivity index (χ2n) is 6.91. The fraction of sp³-hybridized carbons (Fsp3) is 0.364. The number of ether oxygens (including phenoxy) is 2. The maximum Gasteiger partial charge on any atom is 0.248 e. The van der Waals surface area contributed by atoms with Gasteiger partial charge in [0.05, 0.1) is 13.0 Å². The number of likely N-dealkylation sites (tertiary alicyclic amines) is 1. The minimum Gasteiger partial charge on any atom is -0.497 e. The number of benzene rings is 2. The number of nitrogens with one attached hydrogen (secondary N) is 1. The summed E-state index contributed by atoms with van der Waals surface area (Å²) in [4.78, 5) is 26.3. The Morgan fingerprint density at radius 1 is 1.11 bits per heavy atom. The van der Waals surface area contributed by atoms with Gasteiger partial charge in [-0.3, -0.25) is 9.59 Å². The van der Waals surface area contributed by atoms with Crippen LogP contribution in [0.25, 0.3) is 11.1 Å². The molecule has 0 aromatic heterocycles. The molecule has 1 saturated heterocycles. The first-order chi connectivity index (χ1) is 13.6. The van der Waals surface area contributed by atoms with E-state index >= 15 is 0 Å². The van der Waals surface area contributed by atoms with Crippen molar-refractivity contribution in [3.8, 4) is 16.9 Å². The highest BCUT2D eigenvalue weighted by Gasteiger charge is 2.28. The first-order valence-electron chi connectivity index (χ1n) is 9.43. The number of carbonyl (C=O) groups excluding carboxylic acids is 2. The summed E-state index contributed by atoms with van der Waals surface area (Å²) < 4.78 is 10.2. The van der Waals surface area contributed by atoms with Crippen LogP contribution in [0.5, 0.6) is 5.75 Å². The normalized spacial score (nSPS) is 16.5. The zero-order valence-corrected chi connectivity index (χ0v) is 16.3. The lowest BCUT2D eigenvalue weighted by molar-refractivity contribution is -0.138. The summed E-state index contributed by atoms with van der Waals surface area (Å²) in [5.41, 5.74) is 2.85. The van der Waals surface area contributed by atoms with E-state index in [1.54, 1.807) is 12.0 Å². The summed E-state index contributed by atoms with van der Waals surface area (Å²) in [6, 6.07) is 15.6. The van der Waals surface area contributed by atoms with E-state index in [0.29, 0.717) is 13.1 Å². The molecule has 2 amide bonds. The van der Waals surface area contributed by atoms with Gasteiger partial charge in [-0.15, -0.1) is 0 Å². The molecule has 28 heavy (non-hydrogen) atoms. The monoisotopic (exact) mass is 382 g/mol. The molecule has 1 aliphatic heterocycles. The molecule has 148 valence electrons. The van der Waals surface area contributed by atoms with Crippen molar-refractivity contribution < 1.29 is 19.1 Å². The number of amides is 2. The van der Waals surface area contributed by atoms with Gasteiger partial charge >= 0.3 is 0 Å². The Morgan fingerprint density at radius 3 is 2.61 bits per heavy atom. The van der Waals surface area contributed by atoms with E-state index in [4.69, 9.17) is 9.47 Å². The van der Waals surface area contributed by atoms with Crippen molar-refractivity contribution in [3.63, 3.8) is 0 Å². The maximum atomic E-state index is 12.6. The summed E-state index contributed by atoms with van der Waals surface area (Å²) >= 11 is 0. The highest BCUT2D eigenvalue weighted by atomic mass is 16.5. The Morgan fingerprint density at radius 2 is 1.89 bits per heavy atom. The lowest BCUT2D eigenvalue weighted by atomic mass is 9.97. The van der Waals surface area contributed by atoms with E-state index in [1.807, 2.05) is 48.5 Å². The SMILES string of the molecule is COCC(=O)N1CCC[C@H](C(=O)Nc2ccc(-c3cccc(OC)c3)cc2)C1. The predicted molar refractivity (Wildman–Crippen MR) is 108 cm³/mol. The van der Waals surface area contributed by atoms with E-state index in [0.717, 1.165) is 35.4 Å². The number of nitrogens with zero attached hydrogens (tertiary/aromatic N) is 1. The molecule has 0 bridgehead atoms. The summed E-state index contributed by atoms with van der Waals surface area (Å²) in [6.45, 7) is 1.18. The number of methoxy groups -OCH3 is 2. The molecule has 0 aliphatic carbocycles. The van der Waals surface area contributed by atoms with Crippen LogP contribution >= 0.6 is 0 Å².